The Morgan fingerprint density at radius 3 is 2.59 bits per heavy atom. The zero-order valence-corrected chi connectivity index (χ0v) is 14.2. The minimum absolute atomic E-state index is 0.0570. The van der Waals surface area contributed by atoms with Gasteiger partial charge in [-0.1, -0.05) is 31.6 Å². The fourth-order valence-electron chi connectivity index (χ4n) is 3.42. The van der Waals surface area contributed by atoms with E-state index in [1.54, 1.807) is 6.08 Å². The van der Waals surface area contributed by atoms with Crippen LogP contribution in [0.1, 0.15) is 47.5 Å². The third kappa shape index (κ3) is 2.94. The molecule has 0 heterocycles. The van der Waals surface area contributed by atoms with E-state index in [0.717, 1.165) is 11.1 Å². The number of esters is 1. The van der Waals surface area contributed by atoms with Crippen LogP contribution >= 0.6 is 0 Å². The summed E-state index contributed by atoms with van der Waals surface area (Å²) in [7, 11) is 0. The summed E-state index contributed by atoms with van der Waals surface area (Å²) in [5, 5.41) is 0. The van der Waals surface area contributed by atoms with Crippen molar-refractivity contribution in [2.75, 3.05) is 0 Å². The largest absolute Gasteiger partial charge is 0.457 e. The van der Waals surface area contributed by atoms with Crippen molar-refractivity contribution in [1.29, 1.82) is 0 Å². The van der Waals surface area contributed by atoms with Crippen molar-refractivity contribution in [3.05, 3.63) is 35.5 Å². The first-order valence-electron chi connectivity index (χ1n) is 7.89. The number of ether oxygens (including phenoxy) is 1. The Labute approximate surface area is 133 Å². The molecular weight excluding hydrogens is 276 g/mol. The van der Waals surface area contributed by atoms with Crippen LogP contribution in [0.3, 0.4) is 0 Å². The molecule has 0 saturated heterocycles. The average molecular weight is 302 g/mol. The molecule has 0 N–H and O–H groups in total. The van der Waals surface area contributed by atoms with Crippen molar-refractivity contribution in [3.8, 4) is 0 Å². The van der Waals surface area contributed by atoms with Gasteiger partial charge in [0, 0.05) is 5.57 Å². The van der Waals surface area contributed by atoms with Gasteiger partial charge < -0.3 is 4.74 Å². The molecule has 0 aromatic heterocycles. The van der Waals surface area contributed by atoms with Crippen LogP contribution in [-0.2, 0) is 14.3 Å². The number of allylic oxidation sites excluding steroid dienone is 4. The number of ketones is 1. The van der Waals surface area contributed by atoms with Crippen LogP contribution in [0.4, 0.5) is 0 Å². The zero-order valence-electron chi connectivity index (χ0n) is 14.2. The molecular formula is C19H26O3. The molecule has 0 aliphatic heterocycles. The predicted molar refractivity (Wildman–Crippen MR) is 87.2 cm³/mol. The van der Waals surface area contributed by atoms with Gasteiger partial charge >= 0.3 is 5.97 Å². The molecule has 0 bridgehead atoms. The van der Waals surface area contributed by atoms with Gasteiger partial charge in [0.15, 0.2) is 5.78 Å². The molecule has 120 valence electrons. The highest BCUT2D eigenvalue weighted by atomic mass is 16.5. The van der Waals surface area contributed by atoms with Crippen LogP contribution in [0, 0.1) is 17.3 Å². The van der Waals surface area contributed by atoms with E-state index in [0.29, 0.717) is 6.42 Å². The highest BCUT2D eigenvalue weighted by Crippen LogP contribution is 2.60. The first-order chi connectivity index (χ1) is 10.2. The zero-order chi connectivity index (χ0) is 16.7. The Morgan fingerprint density at radius 1 is 1.41 bits per heavy atom. The van der Waals surface area contributed by atoms with Crippen LogP contribution in [0.25, 0.3) is 0 Å². The van der Waals surface area contributed by atoms with Crippen molar-refractivity contribution < 1.29 is 14.3 Å². The van der Waals surface area contributed by atoms with Crippen molar-refractivity contribution in [2.45, 2.75) is 53.6 Å². The lowest BCUT2D eigenvalue weighted by atomic mass is 10.1. The van der Waals surface area contributed by atoms with Crippen molar-refractivity contribution in [1.82, 2.24) is 0 Å². The van der Waals surface area contributed by atoms with E-state index in [1.807, 2.05) is 20.8 Å². The van der Waals surface area contributed by atoms with Gasteiger partial charge in [-0.05, 0) is 44.1 Å². The van der Waals surface area contributed by atoms with Crippen molar-refractivity contribution in [2.24, 2.45) is 17.3 Å². The van der Waals surface area contributed by atoms with Gasteiger partial charge in [-0.15, -0.1) is 6.58 Å². The molecule has 3 nitrogen and oxygen atoms in total. The van der Waals surface area contributed by atoms with Crippen molar-refractivity contribution >= 4 is 11.8 Å². The van der Waals surface area contributed by atoms with Crippen LogP contribution in [-0.4, -0.2) is 17.9 Å². The highest BCUT2D eigenvalue weighted by Gasteiger charge is 2.61. The third-order valence-electron chi connectivity index (χ3n) is 4.95. The van der Waals surface area contributed by atoms with Gasteiger partial charge in [-0.25, -0.2) is 0 Å². The van der Waals surface area contributed by atoms with E-state index in [4.69, 9.17) is 4.74 Å². The number of carbonyl (C=O) groups is 2. The number of hydrogen-bond donors (Lipinski definition) is 0. The van der Waals surface area contributed by atoms with E-state index in [9.17, 15) is 9.59 Å². The van der Waals surface area contributed by atoms with Gasteiger partial charge in [0.05, 0.1) is 12.3 Å². The maximum Gasteiger partial charge on any atom is 0.310 e. The Kier molecular flexibility index (Phi) is 4.46. The molecule has 2 rings (SSSR count). The van der Waals surface area contributed by atoms with E-state index >= 15 is 0 Å². The molecule has 1 fully saturated rings. The smallest absolute Gasteiger partial charge is 0.310 e. The first-order valence-corrected chi connectivity index (χ1v) is 7.89. The fourth-order valence-corrected chi connectivity index (χ4v) is 3.42. The summed E-state index contributed by atoms with van der Waals surface area (Å²) in [5.74, 6) is 0.0309. The molecule has 2 aliphatic carbocycles. The minimum atomic E-state index is -0.390. The number of carbonyl (C=O) groups excluding carboxylic acids is 2. The molecule has 3 heteroatoms. The molecule has 22 heavy (non-hydrogen) atoms. The van der Waals surface area contributed by atoms with E-state index in [-0.39, 0.29) is 35.4 Å². The molecule has 0 radical (unpaired) electrons. The number of rotatable bonds is 5. The fraction of sp³-hybridized carbons (Fsp3) is 0.579. The van der Waals surface area contributed by atoms with Crippen LogP contribution < -0.4 is 0 Å². The maximum absolute atomic E-state index is 12.5. The molecule has 3 atom stereocenters. The van der Waals surface area contributed by atoms with E-state index in [2.05, 4.69) is 26.5 Å². The summed E-state index contributed by atoms with van der Waals surface area (Å²) in [6.45, 7) is 13.8. The normalized spacial score (nSPS) is 29.3. The number of Topliss-reactive ketones (excluding diaryl/α,β-unsaturated/α-hetero) is 1. The van der Waals surface area contributed by atoms with Gasteiger partial charge in [0.1, 0.15) is 6.10 Å². The van der Waals surface area contributed by atoms with Crippen LogP contribution in [0.2, 0.25) is 0 Å². The molecule has 1 unspecified atom stereocenters. The van der Waals surface area contributed by atoms with Crippen molar-refractivity contribution in [3.63, 3.8) is 0 Å². The SMILES string of the molecule is C=CCC1=C(C)C(OC(=O)[C@H]2[C@@H](C=C(C)C)C2(C)C)CC1=O. The second-order valence-electron chi connectivity index (χ2n) is 7.28. The second-order valence-corrected chi connectivity index (χ2v) is 7.28. The molecule has 1 saturated carbocycles. The maximum atomic E-state index is 12.5. The monoisotopic (exact) mass is 302 g/mol. The summed E-state index contributed by atoms with van der Waals surface area (Å²) >= 11 is 0. The quantitative estimate of drug-likeness (QED) is 0.569. The summed E-state index contributed by atoms with van der Waals surface area (Å²) < 4.78 is 5.66. The predicted octanol–water partition coefficient (Wildman–Crippen LogP) is 4.00. The molecule has 2 aliphatic rings. The highest BCUT2D eigenvalue weighted by molar-refractivity contribution is 6.00. The first kappa shape index (κ1) is 16.7. The summed E-state index contributed by atoms with van der Waals surface area (Å²) in [4.78, 5) is 24.5. The summed E-state index contributed by atoms with van der Waals surface area (Å²) in [6, 6.07) is 0. The molecule has 0 amide bonds. The summed E-state index contributed by atoms with van der Waals surface area (Å²) in [5.41, 5.74) is 2.80. The molecule has 0 spiro atoms. The van der Waals surface area contributed by atoms with E-state index in [1.165, 1.54) is 5.57 Å². The Balaban J connectivity index is 2.07. The summed E-state index contributed by atoms with van der Waals surface area (Å²) in [6.07, 6.45) is 4.31. The average Bonchev–Trinajstić information content (AvgIpc) is 2.83. The lowest BCUT2D eigenvalue weighted by Gasteiger charge is -2.13. The van der Waals surface area contributed by atoms with Gasteiger partial charge in [-0.2, -0.15) is 0 Å². The minimum Gasteiger partial charge on any atom is -0.457 e. The second kappa shape index (κ2) is 5.86. The van der Waals surface area contributed by atoms with Gasteiger partial charge in [0.25, 0.3) is 0 Å². The lowest BCUT2D eigenvalue weighted by molar-refractivity contribution is -0.150. The number of hydrogen-bond acceptors (Lipinski definition) is 3. The molecule has 0 aromatic carbocycles. The molecule has 0 aromatic rings. The van der Waals surface area contributed by atoms with Crippen LogP contribution in [0.15, 0.2) is 35.5 Å². The van der Waals surface area contributed by atoms with Crippen LogP contribution in [0.5, 0.6) is 0 Å². The lowest BCUT2D eigenvalue weighted by Crippen LogP contribution is -2.20. The Bertz CT molecular complexity index is 573. The standard InChI is InChI=1S/C19H26O3/c1-7-8-13-12(4)16(10-15(13)20)22-18(21)17-14(9-11(2)3)19(17,5)6/h7,9,14,16-17H,1,8,10H2,2-6H3/t14-,16?,17-/m1/s1. The Morgan fingerprint density at radius 2 is 2.05 bits per heavy atom. The Hall–Kier alpha value is -1.64. The third-order valence-corrected chi connectivity index (χ3v) is 4.95. The van der Waals surface area contributed by atoms with Gasteiger partial charge in [-0.3, -0.25) is 9.59 Å². The topological polar surface area (TPSA) is 43.4 Å². The van der Waals surface area contributed by atoms with Gasteiger partial charge in [0.2, 0.25) is 0 Å². The van der Waals surface area contributed by atoms with E-state index < -0.39 is 6.10 Å².